The number of carbonyl (C=O) groups is 4. The fourth-order valence-corrected chi connectivity index (χ4v) is 6.33. The van der Waals surface area contributed by atoms with Gasteiger partial charge in [-0.15, -0.1) is 0 Å². The van der Waals surface area contributed by atoms with Crippen LogP contribution in [0, 0.1) is 0 Å². The summed E-state index contributed by atoms with van der Waals surface area (Å²) in [5, 5.41) is 17.5. The summed E-state index contributed by atoms with van der Waals surface area (Å²) in [4.78, 5) is 52.0. The van der Waals surface area contributed by atoms with Crippen LogP contribution in [0.2, 0.25) is 5.02 Å². The zero-order chi connectivity index (χ0) is 41.2. The molecule has 0 saturated carbocycles. The minimum atomic E-state index is -5.08. The largest absolute Gasteiger partial charge is 0.490 e. The van der Waals surface area contributed by atoms with Gasteiger partial charge in [0.25, 0.3) is 11.8 Å². The van der Waals surface area contributed by atoms with Crippen LogP contribution >= 0.6 is 11.6 Å². The summed E-state index contributed by atoms with van der Waals surface area (Å²) < 4.78 is 63.5. The number of fused-ring (bicyclic) bond motifs is 1. The van der Waals surface area contributed by atoms with Gasteiger partial charge >= 0.3 is 24.3 Å². The van der Waals surface area contributed by atoms with E-state index >= 15 is 0 Å². The van der Waals surface area contributed by atoms with Crippen molar-refractivity contribution in [3.63, 3.8) is 0 Å². The van der Waals surface area contributed by atoms with E-state index in [1.54, 1.807) is 18.2 Å². The van der Waals surface area contributed by atoms with E-state index in [0.717, 1.165) is 48.6 Å². The Bertz CT molecular complexity index is 1980. The lowest BCUT2D eigenvalue weighted by molar-refractivity contribution is -0.193. The lowest BCUT2D eigenvalue weighted by Crippen LogP contribution is -2.48. The highest BCUT2D eigenvalue weighted by Gasteiger charge is 2.39. The number of amides is 2. The lowest BCUT2D eigenvalue weighted by atomic mass is 9.99. The molecule has 2 aliphatic heterocycles. The first-order chi connectivity index (χ1) is 26.4. The molecule has 1 fully saturated rings. The third kappa shape index (κ3) is 11.8. The smallest absolute Gasteiger partial charge is 0.475 e. The van der Waals surface area contributed by atoms with E-state index in [1.807, 2.05) is 77.7 Å². The third-order valence-electron chi connectivity index (χ3n) is 8.83. The number of carboxylic acids is 2. The number of alkyl halides is 6. The van der Waals surface area contributed by atoms with Crippen molar-refractivity contribution in [1.29, 1.82) is 0 Å². The van der Waals surface area contributed by atoms with Crippen LogP contribution in [0.25, 0.3) is 11.1 Å². The molecular formula is C39H37ClF6N4O6. The predicted molar refractivity (Wildman–Crippen MR) is 198 cm³/mol. The Labute approximate surface area is 322 Å². The van der Waals surface area contributed by atoms with Gasteiger partial charge in [0.15, 0.2) is 0 Å². The number of halogens is 7. The molecule has 10 nitrogen and oxygen atoms in total. The zero-order valence-corrected chi connectivity index (χ0v) is 30.5. The van der Waals surface area contributed by atoms with Crippen LogP contribution < -0.4 is 10.2 Å². The van der Waals surface area contributed by atoms with Crippen molar-refractivity contribution in [3.8, 4) is 11.1 Å². The summed E-state index contributed by atoms with van der Waals surface area (Å²) in [5.74, 6) is -5.89. The number of carbonyl (C=O) groups excluding carboxylic acids is 2. The first-order valence-electron chi connectivity index (χ1n) is 17.0. The van der Waals surface area contributed by atoms with Crippen molar-refractivity contribution in [2.45, 2.75) is 37.8 Å². The Morgan fingerprint density at radius 2 is 1.32 bits per heavy atom. The fourth-order valence-electron chi connectivity index (χ4n) is 6.07. The lowest BCUT2D eigenvalue weighted by Gasteiger charge is -2.32. The molecule has 1 atom stereocenters. The van der Waals surface area contributed by atoms with Gasteiger partial charge in [-0.3, -0.25) is 14.5 Å². The van der Waals surface area contributed by atoms with Crippen molar-refractivity contribution in [1.82, 2.24) is 9.80 Å². The van der Waals surface area contributed by atoms with Crippen molar-refractivity contribution in [2.24, 2.45) is 0 Å². The molecule has 298 valence electrons. The van der Waals surface area contributed by atoms with Crippen LogP contribution in [0.5, 0.6) is 0 Å². The number of likely N-dealkylation sites (N-methyl/N-ethyl adjacent to an activating group) is 1. The number of nitrogens with one attached hydrogen (secondary N) is 1. The number of rotatable bonds is 6. The predicted octanol–water partition coefficient (Wildman–Crippen LogP) is 8.08. The van der Waals surface area contributed by atoms with E-state index in [2.05, 4.69) is 28.2 Å². The monoisotopic (exact) mass is 806 g/mol. The number of nitrogens with zero attached hydrogens (tertiary/aromatic N) is 3. The molecule has 6 rings (SSSR count). The number of benzene rings is 4. The number of hydrogen-bond donors (Lipinski definition) is 3. The Hall–Kier alpha value is -5.45. The van der Waals surface area contributed by atoms with Gasteiger partial charge in [0, 0.05) is 42.6 Å². The Balaban J connectivity index is 0.000000425. The molecule has 0 aliphatic carbocycles. The van der Waals surface area contributed by atoms with Crippen molar-refractivity contribution in [3.05, 3.63) is 119 Å². The van der Waals surface area contributed by atoms with Gasteiger partial charge in [-0.1, -0.05) is 78.3 Å². The number of likely N-dealkylation sites (tertiary alicyclic amines) is 1. The second-order valence-electron chi connectivity index (χ2n) is 12.8. The van der Waals surface area contributed by atoms with E-state index in [0.29, 0.717) is 28.4 Å². The zero-order valence-electron chi connectivity index (χ0n) is 29.8. The van der Waals surface area contributed by atoms with Gasteiger partial charge in [0.05, 0.1) is 10.6 Å². The van der Waals surface area contributed by atoms with Crippen LogP contribution in [0.15, 0.2) is 97.1 Å². The molecule has 1 saturated heterocycles. The van der Waals surface area contributed by atoms with E-state index in [9.17, 15) is 35.9 Å². The molecule has 0 unspecified atom stereocenters. The maximum atomic E-state index is 14.1. The quantitative estimate of drug-likeness (QED) is 0.167. The highest BCUT2D eigenvalue weighted by Crippen LogP contribution is 2.32. The molecule has 0 bridgehead atoms. The average molecular weight is 807 g/mol. The molecule has 0 spiro atoms. The van der Waals surface area contributed by atoms with E-state index < -0.39 is 24.3 Å². The molecule has 17 heteroatoms. The number of hydrogen-bond acceptors (Lipinski definition) is 6. The van der Waals surface area contributed by atoms with Crippen molar-refractivity contribution in [2.75, 3.05) is 43.4 Å². The highest BCUT2D eigenvalue weighted by molar-refractivity contribution is 6.35. The van der Waals surface area contributed by atoms with Gasteiger partial charge in [-0.2, -0.15) is 26.3 Å². The first-order valence-corrected chi connectivity index (χ1v) is 17.4. The SMILES string of the molecule is CN1Cc2ccccc2N(C(=O)c2ccc(NC(=O)c3ccccc3-c3ccccc3)cc2Cl)C[C@@H]1CN1CCCC1.O=C(O)C(F)(F)F.O=C(O)C(F)(F)F. The van der Waals surface area contributed by atoms with Gasteiger partial charge in [0.1, 0.15) is 0 Å². The number of carboxylic acid groups (broad SMARTS) is 2. The molecular weight excluding hydrogens is 770 g/mol. The minimum absolute atomic E-state index is 0.138. The standard InChI is InChI=1S/C35H35ClN4O2.2C2HF3O2/c1-38-22-26-13-5-8-16-33(26)40(24-28(38)23-39-19-9-10-20-39)35(42)31-18-17-27(21-32(31)36)37-34(41)30-15-7-6-14-29(30)25-11-3-2-4-12-25;2*3-2(4,5)1(6)7/h2-8,11-18,21,28H,9-10,19-20,22-24H2,1H3,(H,37,41);2*(H,6,7)/t28-;;/m0../s1. The molecule has 3 N–H and O–H groups in total. The molecule has 4 aromatic carbocycles. The van der Waals surface area contributed by atoms with E-state index in [4.69, 9.17) is 31.4 Å². The summed E-state index contributed by atoms with van der Waals surface area (Å²) in [6, 6.07) is 30.8. The Kier molecular flexibility index (Phi) is 14.6. The number of para-hydroxylation sites is 1. The second-order valence-corrected chi connectivity index (χ2v) is 13.2. The van der Waals surface area contributed by atoms with Crippen LogP contribution in [-0.2, 0) is 16.1 Å². The normalized spacial score (nSPS) is 15.9. The van der Waals surface area contributed by atoms with Gasteiger partial charge < -0.3 is 25.3 Å². The Morgan fingerprint density at radius 3 is 1.91 bits per heavy atom. The van der Waals surface area contributed by atoms with E-state index in [-0.39, 0.29) is 17.9 Å². The van der Waals surface area contributed by atoms with Crippen LogP contribution in [0.3, 0.4) is 0 Å². The summed E-state index contributed by atoms with van der Waals surface area (Å²) in [6.07, 6.45) is -7.70. The fraction of sp³-hybridized carbons (Fsp3) is 0.282. The summed E-state index contributed by atoms with van der Waals surface area (Å²) >= 11 is 6.75. The molecule has 4 aromatic rings. The van der Waals surface area contributed by atoms with Crippen LogP contribution in [0.1, 0.15) is 39.1 Å². The molecule has 0 radical (unpaired) electrons. The summed E-state index contributed by atoms with van der Waals surface area (Å²) in [6.45, 7) is 4.51. The first kappa shape index (κ1) is 43.3. The molecule has 2 amide bonds. The third-order valence-corrected chi connectivity index (χ3v) is 9.14. The molecule has 56 heavy (non-hydrogen) atoms. The molecule has 2 aliphatic rings. The maximum absolute atomic E-state index is 14.1. The molecule has 0 aromatic heterocycles. The van der Waals surface area contributed by atoms with Crippen molar-refractivity contribution >= 4 is 46.7 Å². The maximum Gasteiger partial charge on any atom is 0.490 e. The Morgan fingerprint density at radius 1 is 0.768 bits per heavy atom. The molecule has 2 heterocycles. The minimum Gasteiger partial charge on any atom is -0.475 e. The summed E-state index contributed by atoms with van der Waals surface area (Å²) in [7, 11) is 2.14. The van der Waals surface area contributed by atoms with E-state index in [1.165, 1.54) is 12.8 Å². The number of aliphatic carboxylic acids is 2. The van der Waals surface area contributed by atoms with Gasteiger partial charge in [0.2, 0.25) is 0 Å². The number of anilines is 2. The summed E-state index contributed by atoms with van der Waals surface area (Å²) in [5.41, 5.74) is 5.37. The topological polar surface area (TPSA) is 130 Å². The van der Waals surface area contributed by atoms with Crippen molar-refractivity contribution < 1.29 is 55.7 Å². The highest BCUT2D eigenvalue weighted by atomic mass is 35.5. The van der Waals surface area contributed by atoms with Crippen LogP contribution in [-0.4, -0.2) is 95.4 Å². The average Bonchev–Trinajstić information content (AvgIpc) is 3.62. The van der Waals surface area contributed by atoms with Gasteiger partial charge in [-0.25, -0.2) is 9.59 Å². The van der Waals surface area contributed by atoms with Crippen LogP contribution in [0.4, 0.5) is 37.7 Å². The van der Waals surface area contributed by atoms with Gasteiger partial charge in [-0.05, 0) is 80.0 Å². The second kappa shape index (κ2) is 18.9.